The number of nitro groups is 1. The molecule has 0 saturated heterocycles. The van der Waals surface area contributed by atoms with Gasteiger partial charge >= 0.3 is 0 Å². The van der Waals surface area contributed by atoms with Gasteiger partial charge in [-0.05, 0) is 23.8 Å². The molecule has 0 atom stereocenters. The summed E-state index contributed by atoms with van der Waals surface area (Å²) in [6.07, 6.45) is 0. The minimum absolute atomic E-state index is 0.143. The third kappa shape index (κ3) is 4.20. The Bertz CT molecular complexity index is 768. The molecule has 2 N–H and O–H groups in total. The van der Waals surface area contributed by atoms with Crippen LogP contribution >= 0.6 is 27.5 Å². The van der Waals surface area contributed by atoms with Gasteiger partial charge in [0.2, 0.25) is 0 Å². The van der Waals surface area contributed by atoms with Crippen LogP contribution in [-0.2, 0) is 6.54 Å². The highest BCUT2D eigenvalue weighted by Crippen LogP contribution is 2.25. The van der Waals surface area contributed by atoms with Crippen molar-refractivity contribution in [1.29, 1.82) is 0 Å². The topological polar surface area (TPSA) is 84.3 Å². The van der Waals surface area contributed by atoms with Crippen molar-refractivity contribution in [2.75, 3.05) is 12.4 Å². The number of non-ortho nitro benzene ring substituents is 1. The summed E-state index contributed by atoms with van der Waals surface area (Å²) in [5, 5.41) is 17.0. The number of nitrogens with zero attached hydrogens (tertiary/aromatic N) is 1. The summed E-state index contributed by atoms with van der Waals surface area (Å²) in [6, 6.07) is 9.58. The van der Waals surface area contributed by atoms with E-state index in [-0.39, 0.29) is 11.3 Å². The first-order valence-electron chi connectivity index (χ1n) is 6.60. The van der Waals surface area contributed by atoms with Gasteiger partial charge < -0.3 is 10.6 Å². The van der Waals surface area contributed by atoms with Crippen LogP contribution in [0.25, 0.3) is 0 Å². The number of amides is 1. The van der Waals surface area contributed by atoms with Crippen LogP contribution < -0.4 is 10.6 Å². The molecule has 0 radical (unpaired) electrons. The first-order chi connectivity index (χ1) is 10.9. The third-order valence-electron chi connectivity index (χ3n) is 3.17. The Morgan fingerprint density at radius 1 is 1.30 bits per heavy atom. The molecule has 1 amide bonds. The molecule has 6 nitrogen and oxygen atoms in total. The number of carbonyl (C=O) groups excluding carboxylic acids is 1. The number of carbonyl (C=O) groups is 1. The fourth-order valence-electron chi connectivity index (χ4n) is 1.98. The van der Waals surface area contributed by atoms with Crippen LogP contribution in [0.3, 0.4) is 0 Å². The number of halogens is 2. The minimum Gasteiger partial charge on any atom is -0.380 e. The molecular formula is C15H13BrClN3O3. The lowest BCUT2D eigenvalue weighted by Gasteiger charge is -2.12. The van der Waals surface area contributed by atoms with Crippen LogP contribution in [0.4, 0.5) is 11.4 Å². The van der Waals surface area contributed by atoms with Crippen LogP contribution in [0.5, 0.6) is 0 Å². The van der Waals surface area contributed by atoms with Gasteiger partial charge in [-0.15, -0.1) is 0 Å². The molecule has 0 spiro atoms. The number of rotatable bonds is 5. The largest absolute Gasteiger partial charge is 0.380 e. The summed E-state index contributed by atoms with van der Waals surface area (Å²) in [5.41, 5.74) is 1.40. The van der Waals surface area contributed by atoms with Crippen molar-refractivity contribution in [3.05, 3.63) is 67.1 Å². The maximum atomic E-state index is 11.9. The predicted molar refractivity (Wildman–Crippen MR) is 93.0 cm³/mol. The standard InChI is InChI=1S/C15H13BrClN3O3/c1-18-15(21)12-7-11(20(22)23)4-5-14(12)19-8-9-2-3-10(16)6-13(9)17/h2-7,19H,8H2,1H3,(H,18,21). The molecule has 0 unspecified atom stereocenters. The molecule has 0 bridgehead atoms. The molecule has 0 aliphatic carbocycles. The van der Waals surface area contributed by atoms with E-state index in [0.29, 0.717) is 17.3 Å². The fraction of sp³-hybridized carbons (Fsp3) is 0.133. The second kappa shape index (κ2) is 7.43. The zero-order valence-corrected chi connectivity index (χ0v) is 14.4. The van der Waals surface area contributed by atoms with Gasteiger partial charge in [0.15, 0.2) is 0 Å². The molecule has 0 fully saturated rings. The number of nitro benzene ring substituents is 1. The van der Waals surface area contributed by atoms with Crippen molar-refractivity contribution in [1.82, 2.24) is 5.32 Å². The van der Waals surface area contributed by atoms with Crippen molar-refractivity contribution in [2.24, 2.45) is 0 Å². The van der Waals surface area contributed by atoms with Crippen LogP contribution in [-0.4, -0.2) is 17.9 Å². The molecule has 2 aromatic carbocycles. The molecule has 0 aliphatic heterocycles. The van der Waals surface area contributed by atoms with Crippen LogP contribution in [0.15, 0.2) is 40.9 Å². The fourth-order valence-corrected chi connectivity index (χ4v) is 2.72. The number of hydrogen-bond acceptors (Lipinski definition) is 4. The molecule has 0 heterocycles. The van der Waals surface area contributed by atoms with Gasteiger partial charge in [0.25, 0.3) is 11.6 Å². The molecule has 0 aliphatic rings. The Morgan fingerprint density at radius 3 is 2.65 bits per heavy atom. The van der Waals surface area contributed by atoms with Crippen LogP contribution in [0, 0.1) is 10.1 Å². The monoisotopic (exact) mass is 397 g/mol. The normalized spacial score (nSPS) is 10.2. The molecule has 2 rings (SSSR count). The number of benzene rings is 2. The summed E-state index contributed by atoms with van der Waals surface area (Å²) < 4.78 is 0.868. The van der Waals surface area contributed by atoms with Crippen molar-refractivity contribution in [3.8, 4) is 0 Å². The van der Waals surface area contributed by atoms with E-state index >= 15 is 0 Å². The van der Waals surface area contributed by atoms with Crippen molar-refractivity contribution in [2.45, 2.75) is 6.54 Å². The van der Waals surface area contributed by atoms with Gasteiger partial charge in [0.05, 0.1) is 10.5 Å². The van der Waals surface area contributed by atoms with Crippen LogP contribution in [0.2, 0.25) is 5.02 Å². The number of anilines is 1. The maximum absolute atomic E-state index is 11.9. The first-order valence-corrected chi connectivity index (χ1v) is 7.77. The lowest BCUT2D eigenvalue weighted by Crippen LogP contribution is -2.20. The van der Waals surface area contributed by atoms with Gasteiger partial charge in [-0.2, -0.15) is 0 Å². The lowest BCUT2D eigenvalue weighted by atomic mass is 10.1. The Morgan fingerprint density at radius 2 is 2.04 bits per heavy atom. The molecule has 2 aromatic rings. The predicted octanol–water partition coefficient (Wildman–Crippen LogP) is 3.98. The third-order valence-corrected chi connectivity index (χ3v) is 4.02. The Kier molecular flexibility index (Phi) is 5.57. The SMILES string of the molecule is CNC(=O)c1cc([N+](=O)[O-])ccc1NCc1ccc(Br)cc1Cl. The van der Waals surface area contributed by atoms with Crippen molar-refractivity contribution in [3.63, 3.8) is 0 Å². The van der Waals surface area contributed by atoms with Gasteiger partial charge in [0, 0.05) is 40.9 Å². The Balaban J connectivity index is 2.28. The van der Waals surface area contributed by atoms with Crippen molar-refractivity contribution >= 4 is 44.8 Å². The molecule has 8 heteroatoms. The van der Waals surface area contributed by atoms with Crippen LogP contribution in [0.1, 0.15) is 15.9 Å². The number of nitrogens with one attached hydrogen (secondary N) is 2. The summed E-state index contributed by atoms with van der Waals surface area (Å²) >= 11 is 9.49. The summed E-state index contributed by atoms with van der Waals surface area (Å²) in [6.45, 7) is 0.383. The van der Waals surface area contributed by atoms with Gasteiger partial charge in [-0.1, -0.05) is 33.6 Å². The molecule has 23 heavy (non-hydrogen) atoms. The first kappa shape index (κ1) is 17.2. The minimum atomic E-state index is -0.540. The highest BCUT2D eigenvalue weighted by molar-refractivity contribution is 9.10. The highest BCUT2D eigenvalue weighted by Gasteiger charge is 2.16. The van der Waals surface area contributed by atoms with Gasteiger partial charge in [-0.25, -0.2) is 0 Å². The van der Waals surface area contributed by atoms with E-state index in [2.05, 4.69) is 26.6 Å². The Labute approximate surface area is 146 Å². The lowest BCUT2D eigenvalue weighted by molar-refractivity contribution is -0.384. The van der Waals surface area contributed by atoms with E-state index in [1.54, 1.807) is 6.07 Å². The highest BCUT2D eigenvalue weighted by atomic mass is 79.9. The summed E-state index contributed by atoms with van der Waals surface area (Å²) in [5.74, 6) is -0.405. The zero-order chi connectivity index (χ0) is 17.0. The number of hydrogen-bond donors (Lipinski definition) is 2. The van der Waals surface area contributed by atoms with E-state index in [1.807, 2.05) is 12.1 Å². The molecule has 0 saturated carbocycles. The molecule has 120 valence electrons. The summed E-state index contributed by atoms with van der Waals surface area (Å²) in [4.78, 5) is 22.2. The second-order valence-electron chi connectivity index (χ2n) is 4.66. The van der Waals surface area contributed by atoms with E-state index < -0.39 is 10.8 Å². The second-order valence-corrected chi connectivity index (χ2v) is 5.98. The van der Waals surface area contributed by atoms with E-state index in [1.165, 1.54) is 25.2 Å². The van der Waals surface area contributed by atoms with E-state index in [4.69, 9.17) is 11.6 Å². The molecule has 0 aromatic heterocycles. The quantitative estimate of drug-likeness (QED) is 0.589. The Hall–Kier alpha value is -2.12. The van der Waals surface area contributed by atoms with E-state index in [9.17, 15) is 14.9 Å². The average Bonchev–Trinajstić information content (AvgIpc) is 2.53. The summed E-state index contributed by atoms with van der Waals surface area (Å²) in [7, 11) is 1.47. The average molecular weight is 399 g/mol. The maximum Gasteiger partial charge on any atom is 0.270 e. The van der Waals surface area contributed by atoms with Gasteiger partial charge in [0.1, 0.15) is 0 Å². The van der Waals surface area contributed by atoms with E-state index in [0.717, 1.165) is 10.0 Å². The smallest absolute Gasteiger partial charge is 0.270 e. The van der Waals surface area contributed by atoms with Gasteiger partial charge in [-0.3, -0.25) is 14.9 Å². The van der Waals surface area contributed by atoms with Crippen molar-refractivity contribution < 1.29 is 9.72 Å². The zero-order valence-electron chi connectivity index (χ0n) is 12.1. The molecular weight excluding hydrogens is 386 g/mol.